The average Bonchev–Trinajstić information content (AvgIpc) is 2.26. The largest absolute Gasteiger partial charge is 0.796 e. The monoisotopic (exact) mass is 237 g/mol. The fourth-order valence-corrected chi connectivity index (χ4v) is 3.11. The topological polar surface area (TPSA) is 46.6 Å². The van der Waals surface area contributed by atoms with Gasteiger partial charge in [0.2, 0.25) is 0 Å². The van der Waals surface area contributed by atoms with Crippen molar-refractivity contribution in [3.63, 3.8) is 0 Å². The maximum atomic E-state index is 12.1. The van der Waals surface area contributed by atoms with Crippen LogP contribution in [0.1, 0.15) is 24.2 Å². The Hall–Kier alpha value is -1.12. The number of amides is 1. The molecular formula is C11H14N2O2P-. The van der Waals surface area contributed by atoms with E-state index in [-0.39, 0.29) is 11.9 Å². The number of carbonyl (C=O) groups excluding carboxylic acids is 1. The van der Waals surface area contributed by atoms with Gasteiger partial charge in [0.1, 0.15) is 0 Å². The van der Waals surface area contributed by atoms with E-state index in [9.17, 15) is 9.69 Å². The number of anilines is 1. The number of para-hydroxylation sites is 1. The van der Waals surface area contributed by atoms with E-state index >= 15 is 0 Å². The maximum absolute atomic E-state index is 12.1. The third kappa shape index (κ3) is 1.58. The third-order valence-electron chi connectivity index (χ3n) is 2.62. The molecule has 0 spiro atoms. The minimum atomic E-state index is -1.81. The quantitative estimate of drug-likeness (QED) is 0.696. The smallest absolute Gasteiger partial charge is 0.259 e. The number of carbonyl (C=O) groups is 1. The number of hydrogen-bond donors (Lipinski definition) is 0. The Labute approximate surface area is 96.4 Å². The van der Waals surface area contributed by atoms with E-state index in [0.717, 1.165) is 5.69 Å². The Kier molecular flexibility index (Phi) is 2.87. The molecular weight excluding hydrogens is 223 g/mol. The highest BCUT2D eigenvalue weighted by Crippen LogP contribution is 2.46. The van der Waals surface area contributed by atoms with Crippen molar-refractivity contribution < 1.29 is 9.69 Å². The molecule has 1 atom stereocenters. The van der Waals surface area contributed by atoms with Gasteiger partial charge in [-0.3, -0.25) is 4.79 Å². The lowest BCUT2D eigenvalue weighted by atomic mass is 10.1. The van der Waals surface area contributed by atoms with Gasteiger partial charge in [0.15, 0.2) is 0 Å². The van der Waals surface area contributed by atoms with Crippen molar-refractivity contribution in [1.29, 1.82) is 0 Å². The molecule has 4 nitrogen and oxygen atoms in total. The first kappa shape index (κ1) is 11.4. The highest BCUT2D eigenvalue weighted by atomic mass is 31.2. The minimum absolute atomic E-state index is 0.0630. The summed E-state index contributed by atoms with van der Waals surface area (Å²) in [4.78, 5) is 24.2. The molecule has 0 bridgehead atoms. The van der Waals surface area contributed by atoms with Crippen LogP contribution in [0.25, 0.3) is 0 Å². The molecule has 0 saturated carbocycles. The van der Waals surface area contributed by atoms with Crippen LogP contribution in [0.4, 0.5) is 5.69 Å². The standard InChI is InChI=1S/C11H14N2O2P/c1-8(2)13-11(14)9-6-4-5-7-10(9)12(3)16(13)15/h4-8H,1-3H3/q-1. The van der Waals surface area contributed by atoms with Crippen LogP contribution in [0.2, 0.25) is 0 Å². The van der Waals surface area contributed by atoms with Crippen LogP contribution in [0.3, 0.4) is 0 Å². The zero-order valence-electron chi connectivity index (χ0n) is 9.54. The first-order chi connectivity index (χ1) is 7.54. The summed E-state index contributed by atoms with van der Waals surface area (Å²) in [6, 6.07) is 7.19. The highest BCUT2D eigenvalue weighted by molar-refractivity contribution is 7.50. The Bertz CT molecular complexity index is 422. The molecule has 1 aromatic rings. The van der Waals surface area contributed by atoms with Crippen LogP contribution in [0.15, 0.2) is 24.3 Å². The zero-order valence-corrected chi connectivity index (χ0v) is 10.4. The fourth-order valence-electron chi connectivity index (χ4n) is 1.81. The Morgan fingerprint density at radius 2 is 1.94 bits per heavy atom. The van der Waals surface area contributed by atoms with Crippen LogP contribution in [-0.2, 0) is 0 Å². The van der Waals surface area contributed by atoms with Gasteiger partial charge in [-0.1, -0.05) is 12.1 Å². The molecule has 1 heterocycles. The van der Waals surface area contributed by atoms with Crippen LogP contribution in [0.5, 0.6) is 0 Å². The minimum Gasteiger partial charge on any atom is -0.796 e. The van der Waals surface area contributed by atoms with Gasteiger partial charge in [0.25, 0.3) is 5.91 Å². The molecule has 0 aromatic heterocycles. The van der Waals surface area contributed by atoms with Crippen LogP contribution in [0, 0.1) is 0 Å². The van der Waals surface area contributed by atoms with Crippen molar-refractivity contribution in [2.75, 3.05) is 11.7 Å². The molecule has 1 aromatic carbocycles. The van der Waals surface area contributed by atoms with E-state index < -0.39 is 8.45 Å². The van der Waals surface area contributed by atoms with Gasteiger partial charge >= 0.3 is 0 Å². The Morgan fingerprint density at radius 3 is 2.56 bits per heavy atom. The van der Waals surface area contributed by atoms with Crippen LogP contribution in [-0.4, -0.2) is 23.7 Å². The predicted octanol–water partition coefficient (Wildman–Crippen LogP) is 1.57. The Morgan fingerprint density at radius 1 is 1.31 bits per heavy atom. The number of rotatable bonds is 1. The molecule has 0 fully saturated rings. The summed E-state index contributed by atoms with van der Waals surface area (Å²) < 4.78 is 3.09. The lowest BCUT2D eigenvalue weighted by Crippen LogP contribution is -2.44. The first-order valence-electron chi connectivity index (χ1n) is 5.17. The second kappa shape index (κ2) is 4.04. The van der Waals surface area contributed by atoms with E-state index in [1.807, 2.05) is 32.0 Å². The molecule has 5 heteroatoms. The van der Waals surface area contributed by atoms with Crippen molar-refractivity contribution >= 4 is 20.0 Å². The van der Waals surface area contributed by atoms with Crippen molar-refractivity contribution in [2.24, 2.45) is 0 Å². The summed E-state index contributed by atoms with van der Waals surface area (Å²) >= 11 is 0. The van der Waals surface area contributed by atoms with E-state index in [1.165, 1.54) is 4.67 Å². The highest BCUT2D eigenvalue weighted by Gasteiger charge is 2.31. The van der Waals surface area contributed by atoms with Crippen molar-refractivity contribution in [1.82, 2.24) is 4.67 Å². The molecule has 2 rings (SSSR count). The second-order valence-electron chi connectivity index (χ2n) is 4.04. The zero-order chi connectivity index (χ0) is 11.9. The predicted molar refractivity (Wildman–Crippen MR) is 63.1 cm³/mol. The second-order valence-corrected chi connectivity index (χ2v) is 5.57. The number of nitrogens with zero attached hydrogens (tertiary/aromatic N) is 2. The molecule has 0 saturated heterocycles. The van der Waals surface area contributed by atoms with Gasteiger partial charge in [-0.25, -0.2) is 0 Å². The Balaban J connectivity index is 2.52. The number of benzene rings is 1. The lowest BCUT2D eigenvalue weighted by molar-refractivity contribution is -0.170. The van der Waals surface area contributed by atoms with E-state index in [4.69, 9.17) is 0 Å². The third-order valence-corrected chi connectivity index (χ3v) is 4.36. The molecule has 0 aliphatic carbocycles. The normalized spacial score (nSPS) is 20.3. The van der Waals surface area contributed by atoms with Crippen molar-refractivity contribution in [3.05, 3.63) is 29.8 Å². The molecule has 1 amide bonds. The SMILES string of the molecule is CC(C)N1C(=O)c2ccccc2N(C)P1[O-]. The molecule has 16 heavy (non-hydrogen) atoms. The summed E-state index contributed by atoms with van der Waals surface area (Å²) in [6.45, 7) is 3.74. The first-order valence-corrected chi connectivity index (χ1v) is 6.34. The van der Waals surface area contributed by atoms with E-state index in [2.05, 4.69) is 0 Å². The van der Waals surface area contributed by atoms with Crippen LogP contribution >= 0.6 is 8.45 Å². The van der Waals surface area contributed by atoms with Gasteiger partial charge in [0, 0.05) is 21.5 Å². The van der Waals surface area contributed by atoms with Crippen LogP contribution < -0.4 is 9.56 Å². The molecule has 1 aliphatic rings. The summed E-state index contributed by atoms with van der Waals surface area (Å²) in [5.74, 6) is -0.148. The summed E-state index contributed by atoms with van der Waals surface area (Å²) in [5.41, 5.74) is 1.36. The van der Waals surface area contributed by atoms with E-state index in [0.29, 0.717) is 5.56 Å². The fraction of sp³-hybridized carbons (Fsp3) is 0.364. The number of fused-ring (bicyclic) bond motifs is 1. The van der Waals surface area contributed by atoms with Gasteiger partial charge in [-0.2, -0.15) is 0 Å². The summed E-state index contributed by atoms with van der Waals surface area (Å²) in [5, 5.41) is 0. The molecule has 1 aliphatic heterocycles. The van der Waals surface area contributed by atoms with Gasteiger partial charge in [0.05, 0.1) is 11.3 Å². The lowest BCUT2D eigenvalue weighted by Gasteiger charge is -2.49. The molecule has 1 unspecified atom stereocenters. The van der Waals surface area contributed by atoms with E-state index in [1.54, 1.807) is 17.8 Å². The van der Waals surface area contributed by atoms with Crippen molar-refractivity contribution in [3.8, 4) is 0 Å². The average molecular weight is 237 g/mol. The van der Waals surface area contributed by atoms with Gasteiger partial charge in [-0.05, 0) is 26.0 Å². The molecule has 86 valence electrons. The van der Waals surface area contributed by atoms with Gasteiger partial charge in [-0.15, -0.1) is 0 Å². The van der Waals surface area contributed by atoms with Gasteiger partial charge < -0.3 is 14.2 Å². The van der Waals surface area contributed by atoms with Crippen molar-refractivity contribution in [2.45, 2.75) is 19.9 Å². The molecule has 0 N–H and O–H groups in total. The number of hydrogen-bond acceptors (Lipinski definition) is 3. The molecule has 0 radical (unpaired) electrons. The maximum Gasteiger partial charge on any atom is 0.259 e. The summed E-state index contributed by atoms with van der Waals surface area (Å²) in [6.07, 6.45) is 0. The summed E-state index contributed by atoms with van der Waals surface area (Å²) in [7, 11) is -0.0652.